The molecule has 0 fully saturated rings. The molecule has 0 aromatic heterocycles. The smallest absolute Gasteiger partial charge is 0.0941 e. The lowest BCUT2D eigenvalue weighted by Gasteiger charge is -2.01. The van der Waals surface area contributed by atoms with Crippen molar-refractivity contribution < 1.29 is 0 Å². The molecule has 2 heteroatoms. The van der Waals surface area contributed by atoms with E-state index in [1.165, 1.54) is 12.0 Å². The van der Waals surface area contributed by atoms with Gasteiger partial charge in [0.1, 0.15) is 0 Å². The third kappa shape index (κ3) is 6.38. The van der Waals surface area contributed by atoms with Gasteiger partial charge in [-0.2, -0.15) is 0 Å². The summed E-state index contributed by atoms with van der Waals surface area (Å²) >= 11 is 0. The van der Waals surface area contributed by atoms with Gasteiger partial charge < -0.3 is 5.73 Å². The Morgan fingerprint density at radius 1 is 1.38 bits per heavy atom. The molecular formula is C11H22N2. The van der Waals surface area contributed by atoms with Gasteiger partial charge in [0, 0.05) is 6.42 Å². The summed E-state index contributed by atoms with van der Waals surface area (Å²) in [7, 11) is 0. The lowest BCUT2D eigenvalue weighted by Crippen LogP contribution is -2.12. The Hall–Kier alpha value is -0.790. The first-order valence-corrected chi connectivity index (χ1v) is 5.17. The zero-order valence-corrected chi connectivity index (χ0v) is 9.14. The molecule has 2 nitrogen and oxygen atoms in total. The number of hydrogen-bond acceptors (Lipinski definition) is 1. The molecule has 0 aliphatic heterocycles. The summed E-state index contributed by atoms with van der Waals surface area (Å²) in [6, 6.07) is 0. The standard InChI is InChI=1S/C11H22N2/c1-4-7-8-11(12)13-9-10(5-2)6-3/h5H,4,6-9H2,1-3H3,(H2,12,13)/b10-5-. The minimum atomic E-state index is 0.780. The molecule has 0 saturated carbocycles. The fourth-order valence-electron chi connectivity index (χ4n) is 1.05. The van der Waals surface area contributed by atoms with Gasteiger partial charge in [0.25, 0.3) is 0 Å². The van der Waals surface area contributed by atoms with Crippen LogP contribution in [0.25, 0.3) is 0 Å². The summed E-state index contributed by atoms with van der Waals surface area (Å²) in [4.78, 5) is 4.33. The molecule has 0 radical (unpaired) electrons. The highest BCUT2D eigenvalue weighted by Crippen LogP contribution is 2.01. The van der Waals surface area contributed by atoms with E-state index in [1.54, 1.807) is 0 Å². The van der Waals surface area contributed by atoms with E-state index in [0.29, 0.717) is 0 Å². The van der Waals surface area contributed by atoms with E-state index in [1.807, 2.05) is 0 Å². The zero-order valence-electron chi connectivity index (χ0n) is 9.14. The summed E-state index contributed by atoms with van der Waals surface area (Å²) < 4.78 is 0. The normalized spacial score (nSPS) is 13.5. The average molecular weight is 182 g/mol. The maximum absolute atomic E-state index is 5.74. The molecule has 0 atom stereocenters. The van der Waals surface area contributed by atoms with E-state index in [9.17, 15) is 0 Å². The van der Waals surface area contributed by atoms with Gasteiger partial charge in [-0.25, -0.2) is 0 Å². The van der Waals surface area contributed by atoms with Crippen LogP contribution in [0, 0.1) is 0 Å². The molecular weight excluding hydrogens is 160 g/mol. The molecule has 0 rings (SSSR count). The van der Waals surface area contributed by atoms with Crippen molar-refractivity contribution in [2.24, 2.45) is 10.7 Å². The van der Waals surface area contributed by atoms with Crippen molar-refractivity contribution in [2.45, 2.75) is 46.5 Å². The van der Waals surface area contributed by atoms with E-state index in [0.717, 1.165) is 31.6 Å². The number of allylic oxidation sites excluding steroid dienone is 1. The monoisotopic (exact) mass is 182 g/mol. The Kier molecular flexibility index (Phi) is 7.36. The van der Waals surface area contributed by atoms with E-state index < -0.39 is 0 Å². The highest BCUT2D eigenvalue weighted by Gasteiger charge is 1.93. The number of nitrogens with zero attached hydrogens (tertiary/aromatic N) is 1. The second-order valence-electron chi connectivity index (χ2n) is 3.21. The van der Waals surface area contributed by atoms with Crippen molar-refractivity contribution in [3.8, 4) is 0 Å². The van der Waals surface area contributed by atoms with Gasteiger partial charge in [0.15, 0.2) is 0 Å². The van der Waals surface area contributed by atoms with Gasteiger partial charge in [-0.1, -0.05) is 31.9 Å². The lowest BCUT2D eigenvalue weighted by atomic mass is 10.2. The fraction of sp³-hybridized carbons (Fsp3) is 0.727. The summed E-state index contributed by atoms with van der Waals surface area (Å²) in [5.74, 6) is 0.801. The first-order chi connectivity index (χ1) is 6.24. The molecule has 0 amide bonds. The van der Waals surface area contributed by atoms with E-state index >= 15 is 0 Å². The minimum Gasteiger partial charge on any atom is -0.387 e. The molecule has 0 aromatic rings. The Labute approximate surface area is 81.9 Å². The maximum Gasteiger partial charge on any atom is 0.0941 e. The topological polar surface area (TPSA) is 38.4 Å². The largest absolute Gasteiger partial charge is 0.387 e. The van der Waals surface area contributed by atoms with Crippen LogP contribution in [-0.2, 0) is 0 Å². The van der Waals surface area contributed by atoms with Crippen LogP contribution >= 0.6 is 0 Å². The van der Waals surface area contributed by atoms with Crippen LogP contribution in [0.2, 0.25) is 0 Å². The van der Waals surface area contributed by atoms with E-state index in [-0.39, 0.29) is 0 Å². The molecule has 0 aliphatic rings. The van der Waals surface area contributed by atoms with Crippen LogP contribution in [0.4, 0.5) is 0 Å². The molecule has 0 bridgehead atoms. The molecule has 0 spiro atoms. The summed E-state index contributed by atoms with van der Waals surface area (Å²) in [6.07, 6.45) is 6.46. The van der Waals surface area contributed by atoms with E-state index in [4.69, 9.17) is 5.73 Å². The SMILES string of the molecule is C/C=C(/CC)CN=C(N)CCCC. The van der Waals surface area contributed by atoms with Gasteiger partial charge in [-0.05, 0) is 19.8 Å². The predicted octanol–water partition coefficient (Wildman–Crippen LogP) is 2.89. The summed E-state index contributed by atoms with van der Waals surface area (Å²) in [5.41, 5.74) is 7.10. The Morgan fingerprint density at radius 2 is 2.08 bits per heavy atom. The van der Waals surface area contributed by atoms with Crippen molar-refractivity contribution in [1.29, 1.82) is 0 Å². The van der Waals surface area contributed by atoms with Gasteiger partial charge in [-0.3, -0.25) is 4.99 Å². The Bertz CT molecular complexity index is 181. The van der Waals surface area contributed by atoms with Crippen molar-refractivity contribution in [1.82, 2.24) is 0 Å². The highest BCUT2D eigenvalue weighted by atomic mass is 14.8. The van der Waals surface area contributed by atoms with Crippen LogP contribution < -0.4 is 5.73 Å². The fourth-order valence-corrected chi connectivity index (χ4v) is 1.05. The highest BCUT2D eigenvalue weighted by molar-refractivity contribution is 5.80. The van der Waals surface area contributed by atoms with Gasteiger partial charge in [0.05, 0.1) is 12.4 Å². The average Bonchev–Trinajstić information content (AvgIpc) is 2.16. The molecule has 0 aromatic carbocycles. The Morgan fingerprint density at radius 3 is 2.54 bits per heavy atom. The van der Waals surface area contributed by atoms with Gasteiger partial charge in [0.2, 0.25) is 0 Å². The van der Waals surface area contributed by atoms with Gasteiger partial charge in [-0.15, -0.1) is 0 Å². The van der Waals surface area contributed by atoms with Crippen LogP contribution in [-0.4, -0.2) is 12.4 Å². The molecule has 76 valence electrons. The minimum absolute atomic E-state index is 0.780. The molecule has 0 aliphatic carbocycles. The van der Waals surface area contributed by atoms with Crippen LogP contribution in [0.1, 0.15) is 46.5 Å². The number of hydrogen-bond donors (Lipinski definition) is 1. The van der Waals surface area contributed by atoms with Gasteiger partial charge >= 0.3 is 0 Å². The van der Waals surface area contributed by atoms with Crippen molar-refractivity contribution >= 4 is 5.84 Å². The number of aliphatic imine (C=N–C) groups is 1. The zero-order chi connectivity index (χ0) is 10.1. The first-order valence-electron chi connectivity index (χ1n) is 5.17. The second kappa shape index (κ2) is 7.84. The maximum atomic E-state index is 5.74. The molecule has 0 unspecified atom stereocenters. The first kappa shape index (κ1) is 12.2. The third-order valence-corrected chi connectivity index (χ3v) is 2.13. The van der Waals surface area contributed by atoms with Crippen LogP contribution in [0.5, 0.6) is 0 Å². The number of amidine groups is 1. The lowest BCUT2D eigenvalue weighted by molar-refractivity contribution is 0.826. The second-order valence-corrected chi connectivity index (χ2v) is 3.21. The molecule has 0 heterocycles. The quantitative estimate of drug-likeness (QED) is 0.383. The van der Waals surface area contributed by atoms with Crippen LogP contribution in [0.15, 0.2) is 16.6 Å². The number of nitrogens with two attached hydrogens (primary N) is 1. The van der Waals surface area contributed by atoms with Crippen molar-refractivity contribution in [3.63, 3.8) is 0 Å². The number of unbranched alkanes of at least 4 members (excludes halogenated alkanes) is 1. The molecule has 0 saturated heterocycles. The summed E-state index contributed by atoms with van der Waals surface area (Å²) in [5, 5.41) is 0. The van der Waals surface area contributed by atoms with Crippen LogP contribution in [0.3, 0.4) is 0 Å². The molecule has 13 heavy (non-hydrogen) atoms. The third-order valence-electron chi connectivity index (χ3n) is 2.13. The summed E-state index contributed by atoms with van der Waals surface area (Å²) in [6.45, 7) is 7.14. The van der Waals surface area contributed by atoms with E-state index in [2.05, 4.69) is 31.8 Å². The Balaban J connectivity index is 3.81. The van der Waals surface area contributed by atoms with Crippen molar-refractivity contribution in [2.75, 3.05) is 6.54 Å². The molecule has 2 N–H and O–H groups in total. The van der Waals surface area contributed by atoms with Crippen molar-refractivity contribution in [3.05, 3.63) is 11.6 Å². The predicted molar refractivity (Wildman–Crippen MR) is 60.1 cm³/mol. The number of rotatable bonds is 6.